The van der Waals surface area contributed by atoms with Crippen molar-refractivity contribution >= 4 is 39.5 Å². The Kier molecular flexibility index (Phi) is 74.1. The average molecular weight is 1510 g/mol. The predicted octanol–water partition coefficient (Wildman–Crippen LogP) is 25.5. The first-order valence-electron chi connectivity index (χ1n) is 43.5. The van der Waals surface area contributed by atoms with E-state index in [1.807, 2.05) is 0 Å². The standard InChI is InChI=1S/C84H164O17P2/c1-7-10-12-14-16-18-20-22-23-24-25-26-27-28-29-35-39-43-51-57-63-69-84(89)100-79(72-94-81(86)66-60-54-48-41-37-34-31-30-33-36-40-47-53-59-65-77(6)9-3)74-98-102(90,91)96-70-78(85)71-97-103(92,93)99-75-80(73-95-82(87)67-61-55-49-45-44-46-52-58-64-76(4)5)101-83(88)68-62-56-50-42-38-32-21-19-17-15-13-11-8-2/h76-80,85H,7-75H2,1-6H3,(H,90,91)(H,92,93)/t77?,78-,79-,80-/m1/s1. The molecule has 6 atom stereocenters. The van der Waals surface area contributed by atoms with Crippen LogP contribution in [0, 0.1) is 11.8 Å². The summed E-state index contributed by atoms with van der Waals surface area (Å²) in [5.41, 5.74) is 0. The second-order valence-electron chi connectivity index (χ2n) is 30.9. The first kappa shape index (κ1) is 101. The lowest BCUT2D eigenvalue weighted by Gasteiger charge is -2.21. The van der Waals surface area contributed by atoms with Crippen LogP contribution in [0.3, 0.4) is 0 Å². The van der Waals surface area contributed by atoms with Crippen LogP contribution in [0.1, 0.15) is 446 Å². The number of phosphoric ester groups is 2. The Morgan fingerprint density at radius 2 is 0.495 bits per heavy atom. The number of carbonyl (C=O) groups excluding carboxylic acids is 4. The second-order valence-corrected chi connectivity index (χ2v) is 33.8. The van der Waals surface area contributed by atoms with Crippen LogP contribution in [-0.4, -0.2) is 96.7 Å². The molecule has 3 unspecified atom stereocenters. The fraction of sp³-hybridized carbons (Fsp3) is 0.952. The fourth-order valence-electron chi connectivity index (χ4n) is 13.0. The summed E-state index contributed by atoms with van der Waals surface area (Å²) in [5.74, 6) is -0.528. The monoisotopic (exact) mass is 1510 g/mol. The number of hydrogen-bond donors (Lipinski definition) is 3. The summed E-state index contributed by atoms with van der Waals surface area (Å²) in [6, 6.07) is 0. The molecule has 0 rings (SSSR count). The van der Waals surface area contributed by atoms with Crippen LogP contribution in [0.15, 0.2) is 0 Å². The molecule has 0 saturated carbocycles. The number of carbonyl (C=O) groups is 4. The van der Waals surface area contributed by atoms with Crippen molar-refractivity contribution in [2.75, 3.05) is 39.6 Å². The van der Waals surface area contributed by atoms with Crippen LogP contribution in [0.4, 0.5) is 0 Å². The Hall–Kier alpha value is -1.94. The van der Waals surface area contributed by atoms with Crippen LogP contribution >= 0.6 is 15.6 Å². The Labute approximate surface area is 632 Å². The van der Waals surface area contributed by atoms with Gasteiger partial charge in [-0.05, 0) is 37.5 Å². The predicted molar refractivity (Wildman–Crippen MR) is 423 cm³/mol. The molecule has 0 aromatic carbocycles. The summed E-state index contributed by atoms with van der Waals surface area (Å²) in [5, 5.41) is 10.7. The van der Waals surface area contributed by atoms with Gasteiger partial charge in [-0.3, -0.25) is 37.3 Å². The lowest BCUT2D eigenvalue weighted by atomic mass is 9.99. The molecule has 17 nitrogen and oxygen atoms in total. The number of unbranched alkanes of at least 4 members (excludes halogenated alkanes) is 52. The van der Waals surface area contributed by atoms with Crippen molar-refractivity contribution in [1.82, 2.24) is 0 Å². The fourth-order valence-corrected chi connectivity index (χ4v) is 14.6. The molecule has 0 aliphatic heterocycles. The maximum Gasteiger partial charge on any atom is 0.472 e. The summed E-state index contributed by atoms with van der Waals surface area (Å²) >= 11 is 0. The van der Waals surface area contributed by atoms with Gasteiger partial charge in [-0.2, -0.15) is 0 Å². The zero-order valence-corrected chi connectivity index (χ0v) is 69.4. The quantitative estimate of drug-likeness (QED) is 0.0222. The van der Waals surface area contributed by atoms with E-state index in [0.29, 0.717) is 25.7 Å². The molecule has 0 heterocycles. The van der Waals surface area contributed by atoms with Gasteiger partial charge < -0.3 is 33.8 Å². The molecule has 0 aliphatic carbocycles. The van der Waals surface area contributed by atoms with Crippen LogP contribution < -0.4 is 0 Å². The molecule has 0 fully saturated rings. The first-order valence-corrected chi connectivity index (χ1v) is 46.5. The lowest BCUT2D eigenvalue weighted by Crippen LogP contribution is -2.30. The van der Waals surface area contributed by atoms with E-state index in [4.69, 9.17) is 37.0 Å². The van der Waals surface area contributed by atoms with Crippen LogP contribution in [0.25, 0.3) is 0 Å². The van der Waals surface area contributed by atoms with Gasteiger partial charge in [-0.25, -0.2) is 9.13 Å². The van der Waals surface area contributed by atoms with E-state index in [1.165, 1.54) is 263 Å². The molecule has 19 heteroatoms. The smallest absolute Gasteiger partial charge is 0.462 e. The molecular formula is C84H164O17P2. The van der Waals surface area contributed by atoms with Gasteiger partial charge in [0.15, 0.2) is 12.2 Å². The van der Waals surface area contributed by atoms with Gasteiger partial charge in [0.05, 0.1) is 26.4 Å². The van der Waals surface area contributed by atoms with Crippen LogP contribution in [0.5, 0.6) is 0 Å². The molecule has 0 aliphatic rings. The molecule has 0 radical (unpaired) electrons. The maximum atomic E-state index is 13.1. The number of ether oxygens (including phenoxy) is 4. The Balaban J connectivity index is 5.23. The SMILES string of the molecule is CCCCCCCCCCCCCCCCCCCCCCCC(=O)O[C@H](COC(=O)CCCCCCCCCCCCCCCCC(C)CC)COP(=O)(O)OC[C@@H](O)COP(=O)(O)OC[C@@H](COC(=O)CCCCCCCCCCC(C)C)OC(=O)CCCCCCCCCCCCCCC. The van der Waals surface area contributed by atoms with Crippen molar-refractivity contribution in [3.05, 3.63) is 0 Å². The molecular weight excluding hydrogens is 1340 g/mol. The number of phosphoric acid groups is 2. The van der Waals surface area contributed by atoms with Gasteiger partial charge in [0, 0.05) is 25.7 Å². The summed E-state index contributed by atoms with van der Waals surface area (Å²) in [6.45, 7) is 9.68. The topological polar surface area (TPSA) is 237 Å². The summed E-state index contributed by atoms with van der Waals surface area (Å²) in [7, 11) is -9.92. The lowest BCUT2D eigenvalue weighted by molar-refractivity contribution is -0.161. The first-order chi connectivity index (χ1) is 49.9. The molecule has 0 saturated heterocycles. The number of aliphatic hydroxyl groups excluding tert-OH is 1. The van der Waals surface area contributed by atoms with Crippen molar-refractivity contribution in [3.63, 3.8) is 0 Å². The number of rotatable bonds is 83. The molecule has 0 spiro atoms. The average Bonchev–Trinajstić information content (AvgIpc) is 0.908. The van der Waals surface area contributed by atoms with Gasteiger partial charge in [-0.1, -0.05) is 395 Å². The highest BCUT2D eigenvalue weighted by Gasteiger charge is 2.30. The minimum Gasteiger partial charge on any atom is -0.462 e. The van der Waals surface area contributed by atoms with E-state index >= 15 is 0 Å². The molecule has 612 valence electrons. The summed E-state index contributed by atoms with van der Waals surface area (Å²) < 4.78 is 68.8. The Morgan fingerprint density at radius 1 is 0.282 bits per heavy atom. The van der Waals surface area contributed by atoms with Crippen LogP contribution in [-0.2, 0) is 65.4 Å². The highest BCUT2D eigenvalue weighted by molar-refractivity contribution is 7.47. The molecule has 0 aromatic rings. The highest BCUT2D eigenvalue weighted by atomic mass is 31.2. The van der Waals surface area contributed by atoms with Gasteiger partial charge in [0.25, 0.3) is 0 Å². The van der Waals surface area contributed by atoms with Gasteiger partial charge >= 0.3 is 39.5 Å². The van der Waals surface area contributed by atoms with E-state index in [1.54, 1.807) is 0 Å². The normalized spacial score (nSPS) is 14.1. The van der Waals surface area contributed by atoms with Gasteiger partial charge in [0.1, 0.15) is 19.3 Å². The van der Waals surface area contributed by atoms with E-state index in [-0.39, 0.29) is 25.7 Å². The van der Waals surface area contributed by atoms with E-state index in [2.05, 4.69) is 41.5 Å². The number of hydrogen-bond acceptors (Lipinski definition) is 15. The minimum absolute atomic E-state index is 0.107. The third-order valence-electron chi connectivity index (χ3n) is 20.1. The second kappa shape index (κ2) is 75.5. The largest absolute Gasteiger partial charge is 0.472 e. The van der Waals surface area contributed by atoms with Crippen molar-refractivity contribution in [1.29, 1.82) is 0 Å². The number of esters is 4. The van der Waals surface area contributed by atoms with E-state index in [9.17, 15) is 43.2 Å². The third kappa shape index (κ3) is 76.6. The molecule has 3 N–H and O–H groups in total. The van der Waals surface area contributed by atoms with Gasteiger partial charge in [-0.15, -0.1) is 0 Å². The zero-order valence-electron chi connectivity index (χ0n) is 67.6. The van der Waals surface area contributed by atoms with E-state index < -0.39 is 97.5 Å². The highest BCUT2D eigenvalue weighted by Crippen LogP contribution is 2.45. The molecule has 0 amide bonds. The molecule has 0 bridgehead atoms. The third-order valence-corrected chi connectivity index (χ3v) is 22.0. The van der Waals surface area contributed by atoms with Crippen molar-refractivity contribution in [3.8, 4) is 0 Å². The molecule has 0 aromatic heterocycles. The molecule has 103 heavy (non-hydrogen) atoms. The maximum absolute atomic E-state index is 13.1. The van der Waals surface area contributed by atoms with Crippen LogP contribution in [0.2, 0.25) is 0 Å². The minimum atomic E-state index is -4.96. The van der Waals surface area contributed by atoms with Crippen molar-refractivity contribution < 1.29 is 80.2 Å². The Morgan fingerprint density at radius 3 is 0.738 bits per heavy atom. The number of aliphatic hydroxyl groups is 1. The summed E-state index contributed by atoms with van der Waals surface area (Å²) in [4.78, 5) is 73.1. The van der Waals surface area contributed by atoms with E-state index in [0.717, 1.165) is 102 Å². The zero-order chi connectivity index (χ0) is 75.6. The van der Waals surface area contributed by atoms with Crippen molar-refractivity contribution in [2.45, 2.75) is 464 Å². The Bertz CT molecular complexity index is 1980. The van der Waals surface area contributed by atoms with Gasteiger partial charge in [0.2, 0.25) is 0 Å². The van der Waals surface area contributed by atoms with Crippen molar-refractivity contribution in [2.24, 2.45) is 11.8 Å². The summed E-state index contributed by atoms with van der Waals surface area (Å²) in [6.07, 6.45) is 66.6.